The number of hydrogen-bond acceptors (Lipinski definition) is 3. The van der Waals surface area contributed by atoms with Crippen LogP contribution in [-0.4, -0.2) is 25.5 Å². The van der Waals surface area contributed by atoms with E-state index in [0.29, 0.717) is 25.4 Å². The molecule has 1 aliphatic carbocycles. The molecule has 1 fully saturated rings. The predicted octanol–water partition coefficient (Wildman–Crippen LogP) is 1.47. The Morgan fingerprint density at radius 1 is 1.24 bits per heavy atom. The third-order valence-corrected chi connectivity index (χ3v) is 3.75. The van der Waals surface area contributed by atoms with Gasteiger partial charge in [-0.1, -0.05) is 19.1 Å². The van der Waals surface area contributed by atoms with Crippen molar-refractivity contribution in [3.05, 3.63) is 29.8 Å². The third-order valence-electron chi connectivity index (χ3n) is 3.75. The lowest BCUT2D eigenvalue weighted by atomic mass is 10.2. The van der Waals surface area contributed by atoms with Crippen molar-refractivity contribution in [2.75, 3.05) is 13.7 Å². The summed E-state index contributed by atoms with van der Waals surface area (Å²) >= 11 is 0. The minimum atomic E-state index is -0.0602. The highest BCUT2D eigenvalue weighted by molar-refractivity contribution is 5.82. The fraction of sp³-hybridized carbons (Fsp3) is 0.500. The van der Waals surface area contributed by atoms with Crippen molar-refractivity contribution in [3.63, 3.8) is 0 Å². The third kappa shape index (κ3) is 4.77. The molecular formula is C16H22N2O3. The van der Waals surface area contributed by atoms with E-state index in [1.165, 1.54) is 0 Å². The molecule has 1 aromatic carbocycles. The maximum atomic E-state index is 11.7. The second-order valence-corrected chi connectivity index (χ2v) is 5.49. The fourth-order valence-electron chi connectivity index (χ4n) is 2.15. The molecular weight excluding hydrogens is 268 g/mol. The van der Waals surface area contributed by atoms with E-state index in [2.05, 4.69) is 17.6 Å². The van der Waals surface area contributed by atoms with Crippen molar-refractivity contribution < 1.29 is 14.3 Å². The van der Waals surface area contributed by atoms with E-state index in [4.69, 9.17) is 4.74 Å². The van der Waals surface area contributed by atoms with Gasteiger partial charge in [0, 0.05) is 25.4 Å². The van der Waals surface area contributed by atoms with Crippen LogP contribution in [0.2, 0.25) is 0 Å². The maximum Gasteiger partial charge on any atom is 0.223 e. The van der Waals surface area contributed by atoms with Gasteiger partial charge in [0.2, 0.25) is 11.8 Å². The minimum absolute atomic E-state index is 0.0602. The summed E-state index contributed by atoms with van der Waals surface area (Å²) in [6, 6.07) is 7.54. The number of nitrogens with one attached hydrogen (secondary N) is 2. The first-order chi connectivity index (χ1) is 10.1. The van der Waals surface area contributed by atoms with E-state index >= 15 is 0 Å². The first-order valence-corrected chi connectivity index (χ1v) is 7.27. The molecule has 0 unspecified atom stereocenters. The van der Waals surface area contributed by atoms with Crippen LogP contribution in [0.15, 0.2) is 24.3 Å². The highest BCUT2D eigenvalue weighted by Gasteiger charge is 2.38. The number of hydrogen-bond donors (Lipinski definition) is 2. The van der Waals surface area contributed by atoms with E-state index in [1.807, 2.05) is 24.3 Å². The molecule has 2 N–H and O–H groups in total. The Kier molecular flexibility index (Phi) is 5.20. The second-order valence-electron chi connectivity index (χ2n) is 5.49. The normalized spacial score (nSPS) is 19.7. The average molecular weight is 290 g/mol. The molecule has 1 aromatic rings. The molecule has 1 aliphatic rings. The number of benzene rings is 1. The first kappa shape index (κ1) is 15.4. The Morgan fingerprint density at radius 3 is 2.48 bits per heavy atom. The van der Waals surface area contributed by atoms with Crippen molar-refractivity contribution in [1.29, 1.82) is 0 Å². The van der Waals surface area contributed by atoms with Gasteiger partial charge in [0.25, 0.3) is 0 Å². The lowest BCUT2D eigenvalue weighted by Gasteiger charge is -2.07. The van der Waals surface area contributed by atoms with Crippen LogP contribution in [0.4, 0.5) is 0 Å². The van der Waals surface area contributed by atoms with Crippen LogP contribution in [0.1, 0.15) is 25.3 Å². The lowest BCUT2D eigenvalue weighted by Crippen LogP contribution is -2.31. The quantitative estimate of drug-likeness (QED) is 0.799. The Morgan fingerprint density at radius 2 is 1.90 bits per heavy atom. The molecule has 0 aliphatic heterocycles. The number of amides is 2. The van der Waals surface area contributed by atoms with Gasteiger partial charge in [0.15, 0.2) is 0 Å². The Hall–Kier alpha value is -2.04. The molecule has 5 heteroatoms. The summed E-state index contributed by atoms with van der Waals surface area (Å²) in [6.07, 6.45) is 1.28. The van der Waals surface area contributed by atoms with Crippen LogP contribution in [0.25, 0.3) is 0 Å². The van der Waals surface area contributed by atoms with Crippen LogP contribution in [0, 0.1) is 11.8 Å². The van der Waals surface area contributed by atoms with E-state index in [1.54, 1.807) is 7.11 Å². The van der Waals surface area contributed by atoms with E-state index in [-0.39, 0.29) is 17.7 Å². The second kappa shape index (κ2) is 7.11. The van der Waals surface area contributed by atoms with Crippen LogP contribution < -0.4 is 15.4 Å². The summed E-state index contributed by atoms with van der Waals surface area (Å²) in [5, 5.41) is 5.64. The van der Waals surface area contributed by atoms with Gasteiger partial charge >= 0.3 is 0 Å². The van der Waals surface area contributed by atoms with Gasteiger partial charge in [-0.25, -0.2) is 0 Å². The maximum absolute atomic E-state index is 11.7. The first-order valence-electron chi connectivity index (χ1n) is 7.27. The number of carbonyl (C=O) groups is 2. The standard InChI is InChI=1S/C16H22N2O3/c1-11-9-14(11)16(20)17-8-7-15(19)18-10-12-3-5-13(21-2)6-4-12/h3-6,11,14H,7-10H2,1-2H3,(H,17,20)(H,18,19)/t11-,14-/m0/s1. The van der Waals surface area contributed by atoms with Crippen molar-refractivity contribution in [2.45, 2.75) is 26.3 Å². The fourth-order valence-corrected chi connectivity index (χ4v) is 2.15. The highest BCUT2D eigenvalue weighted by atomic mass is 16.5. The summed E-state index contributed by atoms with van der Waals surface area (Å²) in [7, 11) is 1.62. The zero-order valence-corrected chi connectivity index (χ0v) is 12.5. The SMILES string of the molecule is COc1ccc(CNC(=O)CCNC(=O)[C@H]2C[C@@H]2C)cc1. The van der Waals surface area contributed by atoms with Crippen LogP contribution in [0.5, 0.6) is 5.75 Å². The topological polar surface area (TPSA) is 67.4 Å². The molecule has 0 radical (unpaired) electrons. The van der Waals surface area contributed by atoms with Crippen molar-refractivity contribution >= 4 is 11.8 Å². The molecule has 5 nitrogen and oxygen atoms in total. The summed E-state index contributed by atoms with van der Waals surface area (Å²) in [5.41, 5.74) is 1.01. The Labute approximate surface area is 125 Å². The van der Waals surface area contributed by atoms with Gasteiger partial charge in [-0.05, 0) is 30.0 Å². The van der Waals surface area contributed by atoms with E-state index < -0.39 is 0 Å². The highest BCUT2D eigenvalue weighted by Crippen LogP contribution is 2.37. The number of ether oxygens (including phenoxy) is 1. The van der Waals surface area contributed by atoms with Crippen LogP contribution in [-0.2, 0) is 16.1 Å². The molecule has 2 amide bonds. The molecule has 0 saturated heterocycles. The summed E-state index contributed by atoms with van der Waals surface area (Å²) in [5.74, 6) is 1.46. The van der Waals surface area contributed by atoms with Crippen LogP contribution in [0.3, 0.4) is 0 Å². The van der Waals surface area contributed by atoms with Gasteiger partial charge in [0.05, 0.1) is 7.11 Å². The summed E-state index contributed by atoms with van der Waals surface area (Å²) < 4.78 is 5.07. The molecule has 2 atom stereocenters. The smallest absolute Gasteiger partial charge is 0.223 e. The molecule has 1 saturated carbocycles. The molecule has 0 aromatic heterocycles. The van der Waals surface area contributed by atoms with Crippen molar-refractivity contribution in [2.24, 2.45) is 11.8 Å². The molecule has 114 valence electrons. The summed E-state index contributed by atoms with van der Waals surface area (Å²) in [4.78, 5) is 23.3. The predicted molar refractivity (Wildman–Crippen MR) is 79.7 cm³/mol. The minimum Gasteiger partial charge on any atom is -0.497 e. The Bertz CT molecular complexity index is 499. The van der Waals surface area contributed by atoms with Crippen LogP contribution >= 0.6 is 0 Å². The number of methoxy groups -OCH3 is 1. The lowest BCUT2D eigenvalue weighted by molar-refractivity contribution is -0.123. The van der Waals surface area contributed by atoms with Gasteiger partial charge in [0.1, 0.15) is 5.75 Å². The van der Waals surface area contributed by atoms with Crippen molar-refractivity contribution in [1.82, 2.24) is 10.6 Å². The monoisotopic (exact) mass is 290 g/mol. The van der Waals surface area contributed by atoms with Crippen molar-refractivity contribution in [3.8, 4) is 5.75 Å². The van der Waals surface area contributed by atoms with E-state index in [0.717, 1.165) is 17.7 Å². The molecule has 2 rings (SSSR count). The molecule has 0 bridgehead atoms. The zero-order valence-electron chi connectivity index (χ0n) is 12.5. The molecule has 0 heterocycles. The van der Waals surface area contributed by atoms with Gasteiger partial charge in [-0.15, -0.1) is 0 Å². The zero-order chi connectivity index (χ0) is 15.2. The summed E-state index contributed by atoms with van der Waals surface area (Å²) in [6.45, 7) is 2.94. The largest absolute Gasteiger partial charge is 0.497 e. The number of carbonyl (C=O) groups excluding carboxylic acids is 2. The average Bonchev–Trinajstić information content (AvgIpc) is 3.22. The van der Waals surface area contributed by atoms with Gasteiger partial charge < -0.3 is 15.4 Å². The molecule has 21 heavy (non-hydrogen) atoms. The molecule has 0 spiro atoms. The van der Waals surface area contributed by atoms with E-state index in [9.17, 15) is 9.59 Å². The van der Waals surface area contributed by atoms with Gasteiger partial charge in [-0.2, -0.15) is 0 Å². The number of rotatable bonds is 7. The Balaban J connectivity index is 1.61. The van der Waals surface area contributed by atoms with Gasteiger partial charge in [-0.3, -0.25) is 9.59 Å².